The summed E-state index contributed by atoms with van der Waals surface area (Å²) in [6.45, 7) is 0.725. The summed E-state index contributed by atoms with van der Waals surface area (Å²) >= 11 is 7.49. The topological polar surface area (TPSA) is 75.4 Å². The van der Waals surface area contributed by atoms with E-state index in [4.69, 9.17) is 16.1 Å². The maximum absolute atomic E-state index is 13.3. The smallest absolute Gasteiger partial charge is 0.273 e. The van der Waals surface area contributed by atoms with E-state index in [9.17, 15) is 14.0 Å². The maximum atomic E-state index is 13.3. The summed E-state index contributed by atoms with van der Waals surface area (Å²) in [6.07, 6.45) is 0. The number of benzene rings is 2. The van der Waals surface area contributed by atoms with Crippen molar-refractivity contribution in [3.05, 3.63) is 110 Å². The van der Waals surface area contributed by atoms with Crippen molar-refractivity contribution in [2.24, 2.45) is 0 Å². The number of carbonyl (C=O) groups is 2. The molecule has 0 saturated heterocycles. The minimum atomic E-state index is -0.417. The van der Waals surface area contributed by atoms with E-state index >= 15 is 0 Å². The molecule has 33 heavy (non-hydrogen) atoms. The number of thiophene rings is 1. The van der Waals surface area contributed by atoms with Crippen LogP contribution in [0.25, 0.3) is 0 Å². The Morgan fingerprint density at radius 1 is 1.06 bits per heavy atom. The Balaban J connectivity index is 1.45. The Morgan fingerprint density at radius 2 is 1.88 bits per heavy atom. The average Bonchev–Trinajstić information content (AvgIpc) is 3.49. The predicted molar refractivity (Wildman–Crippen MR) is 123 cm³/mol. The van der Waals surface area contributed by atoms with Crippen molar-refractivity contribution in [1.82, 2.24) is 15.4 Å². The number of nitrogens with one attached hydrogen (secondary N) is 1. The van der Waals surface area contributed by atoms with Gasteiger partial charge in [0, 0.05) is 28.1 Å². The minimum absolute atomic E-state index is 0.0999. The molecule has 0 aliphatic rings. The predicted octanol–water partition coefficient (Wildman–Crippen LogP) is 5.30. The molecule has 2 aromatic heterocycles. The van der Waals surface area contributed by atoms with Crippen LogP contribution in [0.1, 0.15) is 37.0 Å². The van der Waals surface area contributed by atoms with Crippen molar-refractivity contribution >= 4 is 34.8 Å². The standard InChI is InChI=1S/C24H19ClFN3O3S/c25-18-4-1-3-16(11-18)13-27-23(30)22-12-20(32-28-22)14-29(15-21-5-2-10-33-21)24(31)17-6-8-19(26)9-7-17/h1-12H,13-15H2,(H,27,30). The maximum Gasteiger partial charge on any atom is 0.273 e. The highest BCUT2D eigenvalue weighted by atomic mass is 35.5. The third-order valence-corrected chi connectivity index (χ3v) is 5.88. The lowest BCUT2D eigenvalue weighted by Gasteiger charge is -2.21. The van der Waals surface area contributed by atoms with Gasteiger partial charge in [0.2, 0.25) is 0 Å². The molecule has 168 valence electrons. The number of carbonyl (C=O) groups excluding carboxylic acids is 2. The monoisotopic (exact) mass is 483 g/mol. The van der Waals surface area contributed by atoms with E-state index in [2.05, 4.69) is 10.5 Å². The van der Waals surface area contributed by atoms with Crippen molar-refractivity contribution < 1.29 is 18.5 Å². The average molecular weight is 484 g/mol. The van der Waals surface area contributed by atoms with Gasteiger partial charge in [0.1, 0.15) is 5.82 Å². The summed E-state index contributed by atoms with van der Waals surface area (Å²) in [6, 6.07) is 17.9. The molecule has 0 radical (unpaired) electrons. The van der Waals surface area contributed by atoms with E-state index < -0.39 is 11.7 Å². The zero-order valence-electron chi connectivity index (χ0n) is 17.3. The first-order valence-corrected chi connectivity index (χ1v) is 11.3. The van der Waals surface area contributed by atoms with Gasteiger partial charge in [0.15, 0.2) is 11.5 Å². The first-order chi connectivity index (χ1) is 16.0. The summed E-state index contributed by atoms with van der Waals surface area (Å²) in [5, 5.41) is 9.12. The van der Waals surface area contributed by atoms with Gasteiger partial charge in [0.05, 0.1) is 13.1 Å². The van der Waals surface area contributed by atoms with Gasteiger partial charge < -0.3 is 14.7 Å². The fourth-order valence-electron chi connectivity index (χ4n) is 3.17. The number of rotatable bonds is 8. The first kappa shape index (κ1) is 22.7. The highest BCUT2D eigenvalue weighted by Gasteiger charge is 2.21. The highest BCUT2D eigenvalue weighted by molar-refractivity contribution is 7.09. The van der Waals surface area contributed by atoms with Crippen LogP contribution in [0, 0.1) is 5.82 Å². The van der Waals surface area contributed by atoms with Gasteiger partial charge in [-0.25, -0.2) is 4.39 Å². The zero-order valence-corrected chi connectivity index (χ0v) is 18.9. The molecule has 0 saturated carbocycles. The number of hydrogen-bond donors (Lipinski definition) is 1. The second kappa shape index (κ2) is 10.4. The molecule has 0 unspecified atom stereocenters. The van der Waals surface area contributed by atoms with Crippen molar-refractivity contribution in [2.45, 2.75) is 19.6 Å². The summed E-state index contributed by atoms with van der Waals surface area (Å²) in [4.78, 5) is 28.1. The van der Waals surface area contributed by atoms with Crippen LogP contribution < -0.4 is 5.32 Å². The van der Waals surface area contributed by atoms with Gasteiger partial charge in [-0.15, -0.1) is 11.3 Å². The summed E-state index contributed by atoms with van der Waals surface area (Å²) < 4.78 is 18.6. The van der Waals surface area contributed by atoms with Crippen LogP contribution in [-0.2, 0) is 19.6 Å². The number of nitrogens with zero attached hydrogens (tertiary/aromatic N) is 2. The third kappa shape index (κ3) is 6.06. The van der Waals surface area contributed by atoms with E-state index in [1.807, 2.05) is 23.6 Å². The fourth-order valence-corrected chi connectivity index (χ4v) is 4.10. The first-order valence-electron chi connectivity index (χ1n) is 10.0. The van der Waals surface area contributed by atoms with E-state index in [1.165, 1.54) is 41.7 Å². The van der Waals surface area contributed by atoms with Gasteiger partial charge in [-0.2, -0.15) is 0 Å². The van der Waals surface area contributed by atoms with Gasteiger partial charge >= 0.3 is 0 Å². The normalized spacial score (nSPS) is 10.7. The molecule has 9 heteroatoms. The van der Waals surface area contributed by atoms with Gasteiger partial charge in [0.25, 0.3) is 11.8 Å². The molecule has 4 rings (SSSR count). The molecule has 2 amide bonds. The molecule has 0 spiro atoms. The molecule has 0 fully saturated rings. The largest absolute Gasteiger partial charge is 0.359 e. The van der Waals surface area contributed by atoms with Crippen LogP contribution in [0.3, 0.4) is 0 Å². The lowest BCUT2D eigenvalue weighted by Crippen LogP contribution is -2.29. The third-order valence-electron chi connectivity index (χ3n) is 4.79. The molecule has 2 heterocycles. The van der Waals surface area contributed by atoms with Crippen LogP contribution in [0.2, 0.25) is 5.02 Å². The molecule has 0 aliphatic carbocycles. The lowest BCUT2D eigenvalue weighted by atomic mass is 10.2. The Labute approximate surface area is 198 Å². The van der Waals surface area contributed by atoms with E-state index in [0.29, 0.717) is 22.9 Å². The Morgan fingerprint density at radius 3 is 2.61 bits per heavy atom. The molecular weight excluding hydrogens is 465 g/mol. The van der Waals surface area contributed by atoms with Crippen LogP contribution >= 0.6 is 22.9 Å². The van der Waals surface area contributed by atoms with Crippen molar-refractivity contribution in [3.63, 3.8) is 0 Å². The van der Waals surface area contributed by atoms with Crippen LogP contribution in [0.15, 0.2) is 76.6 Å². The second-order valence-corrected chi connectivity index (χ2v) is 8.71. The number of halogens is 2. The molecule has 1 N–H and O–H groups in total. The van der Waals surface area contributed by atoms with Crippen LogP contribution in [0.5, 0.6) is 0 Å². The molecule has 0 atom stereocenters. The molecule has 0 bridgehead atoms. The van der Waals surface area contributed by atoms with Gasteiger partial charge in [-0.3, -0.25) is 9.59 Å². The number of aromatic nitrogens is 1. The van der Waals surface area contributed by atoms with Gasteiger partial charge in [-0.05, 0) is 53.4 Å². The summed E-state index contributed by atoms with van der Waals surface area (Å²) in [5.74, 6) is -0.749. The fraction of sp³-hybridized carbons (Fsp3) is 0.125. The summed E-state index contributed by atoms with van der Waals surface area (Å²) in [7, 11) is 0. The Hall–Kier alpha value is -3.49. The van der Waals surface area contributed by atoms with E-state index in [0.717, 1.165) is 10.4 Å². The van der Waals surface area contributed by atoms with Crippen molar-refractivity contribution in [1.29, 1.82) is 0 Å². The Bertz CT molecular complexity index is 1240. The SMILES string of the molecule is O=C(NCc1cccc(Cl)c1)c1cc(CN(Cc2cccs2)C(=O)c2ccc(F)cc2)on1. The quantitative estimate of drug-likeness (QED) is 0.369. The minimum Gasteiger partial charge on any atom is -0.359 e. The summed E-state index contributed by atoms with van der Waals surface area (Å²) in [5.41, 5.74) is 1.32. The van der Waals surface area contributed by atoms with Crippen LogP contribution in [0.4, 0.5) is 4.39 Å². The second-order valence-electron chi connectivity index (χ2n) is 7.24. The van der Waals surface area contributed by atoms with Crippen LogP contribution in [-0.4, -0.2) is 21.9 Å². The molecular formula is C24H19ClFN3O3S. The van der Waals surface area contributed by atoms with E-state index in [-0.39, 0.29) is 24.7 Å². The van der Waals surface area contributed by atoms with Crippen molar-refractivity contribution in [3.8, 4) is 0 Å². The highest BCUT2D eigenvalue weighted by Crippen LogP contribution is 2.18. The molecule has 4 aromatic rings. The molecule has 6 nitrogen and oxygen atoms in total. The van der Waals surface area contributed by atoms with Gasteiger partial charge in [-0.1, -0.05) is 35.0 Å². The van der Waals surface area contributed by atoms with E-state index in [1.54, 1.807) is 23.1 Å². The molecule has 0 aliphatic heterocycles. The number of amides is 2. The zero-order chi connectivity index (χ0) is 23.2. The molecule has 2 aromatic carbocycles. The number of hydrogen-bond acceptors (Lipinski definition) is 5. The Kier molecular flexibility index (Phi) is 7.16. The lowest BCUT2D eigenvalue weighted by molar-refractivity contribution is 0.0714. The van der Waals surface area contributed by atoms with Crippen molar-refractivity contribution in [2.75, 3.05) is 0 Å².